The molecular formula is C12H14N2O6S. The number of rotatable bonds is 4. The van der Waals surface area contributed by atoms with Crippen LogP contribution >= 0.6 is 0 Å². The van der Waals surface area contributed by atoms with E-state index in [2.05, 4.69) is 5.32 Å². The van der Waals surface area contributed by atoms with Crippen molar-refractivity contribution in [3.63, 3.8) is 0 Å². The Labute approximate surface area is 122 Å². The van der Waals surface area contributed by atoms with Crippen LogP contribution in [0.2, 0.25) is 0 Å². The van der Waals surface area contributed by atoms with Crippen LogP contribution in [0.25, 0.3) is 0 Å². The first kappa shape index (κ1) is 15.1. The van der Waals surface area contributed by atoms with E-state index in [9.17, 15) is 28.2 Å². The van der Waals surface area contributed by atoms with Crippen LogP contribution in [0.1, 0.15) is 28.3 Å². The van der Waals surface area contributed by atoms with E-state index in [1.807, 2.05) is 0 Å². The van der Waals surface area contributed by atoms with Crippen molar-refractivity contribution in [3.8, 4) is 0 Å². The summed E-state index contributed by atoms with van der Waals surface area (Å²) in [5, 5.41) is 21.4. The number of aliphatic carboxylic acids is 1. The molecule has 2 rings (SSSR count). The summed E-state index contributed by atoms with van der Waals surface area (Å²) >= 11 is 0. The van der Waals surface area contributed by atoms with Gasteiger partial charge in [-0.2, -0.15) is 0 Å². The summed E-state index contributed by atoms with van der Waals surface area (Å²) in [5.41, 5.74) is 0.501. The predicted octanol–water partition coefficient (Wildman–Crippen LogP) is 0.331. The van der Waals surface area contributed by atoms with E-state index in [0.717, 1.165) is 4.31 Å². The summed E-state index contributed by atoms with van der Waals surface area (Å²) in [6.45, 7) is 0.343. The summed E-state index contributed by atoms with van der Waals surface area (Å²) in [4.78, 5) is 22.6. The van der Waals surface area contributed by atoms with E-state index in [1.165, 1.54) is 19.2 Å². The van der Waals surface area contributed by atoms with E-state index >= 15 is 0 Å². The number of nitrogens with one attached hydrogen (secondary N) is 1. The largest absolute Gasteiger partial charge is 0.481 e. The molecule has 0 bridgehead atoms. The van der Waals surface area contributed by atoms with Gasteiger partial charge in [0.1, 0.15) is 0 Å². The zero-order chi connectivity index (χ0) is 15.7. The fourth-order valence-electron chi connectivity index (χ4n) is 2.32. The number of carboxylic acids is 2. The lowest BCUT2D eigenvalue weighted by atomic mass is 9.88. The number of aromatic carboxylic acids is 1. The molecule has 0 saturated heterocycles. The van der Waals surface area contributed by atoms with E-state index in [4.69, 9.17) is 0 Å². The maximum Gasteiger partial charge on any atom is 0.337 e. The summed E-state index contributed by atoms with van der Waals surface area (Å²) in [7, 11) is -1.67. The van der Waals surface area contributed by atoms with Gasteiger partial charge in [-0.15, -0.1) is 0 Å². The van der Waals surface area contributed by atoms with Crippen LogP contribution in [0.4, 0.5) is 11.4 Å². The van der Waals surface area contributed by atoms with Crippen molar-refractivity contribution in [2.24, 2.45) is 0 Å². The Morgan fingerprint density at radius 3 is 2.52 bits per heavy atom. The number of nitrogens with zero attached hydrogens (tertiary/aromatic N) is 1. The first-order chi connectivity index (χ1) is 9.82. The highest BCUT2D eigenvalue weighted by atomic mass is 32.2. The van der Waals surface area contributed by atoms with E-state index in [0.29, 0.717) is 13.0 Å². The normalized spacial score (nSPS) is 17.0. The summed E-state index contributed by atoms with van der Waals surface area (Å²) in [5.74, 6) is -3.18. The van der Waals surface area contributed by atoms with E-state index in [-0.39, 0.29) is 22.5 Å². The second-order valence-electron chi connectivity index (χ2n) is 4.63. The molecule has 9 heteroatoms. The Balaban J connectivity index is 2.68. The number of carbonyl (C=O) groups is 2. The lowest BCUT2D eigenvalue weighted by Gasteiger charge is -2.27. The van der Waals surface area contributed by atoms with Gasteiger partial charge in [0.25, 0.3) is 0 Å². The third-order valence-corrected chi connectivity index (χ3v) is 4.13. The van der Waals surface area contributed by atoms with Gasteiger partial charge in [-0.3, -0.25) is 9.10 Å². The van der Waals surface area contributed by atoms with Gasteiger partial charge in [-0.25, -0.2) is 13.2 Å². The summed E-state index contributed by atoms with van der Waals surface area (Å²) < 4.78 is 23.0. The molecule has 0 aromatic heterocycles. The molecule has 1 aromatic carbocycles. The minimum absolute atomic E-state index is 0.122. The standard InChI is InChI=1S/C12H14N2O6S/c1-14(21(19)20)6-4-8-7(11(15)16)2-3-13-10(8)9(5-6)12(17)18/h4-5,7,13,21H,2-3H2,1H3,(H,15,16)(H,17,18). The number of anilines is 2. The molecule has 0 fully saturated rings. The second kappa shape index (κ2) is 5.60. The maximum atomic E-state index is 11.3. The third-order valence-electron chi connectivity index (χ3n) is 3.41. The highest BCUT2D eigenvalue weighted by molar-refractivity contribution is 7.74. The first-order valence-corrected chi connectivity index (χ1v) is 7.22. The Morgan fingerprint density at radius 1 is 1.33 bits per heavy atom. The van der Waals surface area contributed by atoms with Gasteiger partial charge in [0, 0.05) is 13.6 Å². The minimum Gasteiger partial charge on any atom is -0.481 e. The molecule has 0 amide bonds. The molecule has 3 N–H and O–H groups in total. The quantitative estimate of drug-likeness (QED) is 0.590. The highest BCUT2D eigenvalue weighted by Crippen LogP contribution is 2.37. The molecule has 1 atom stereocenters. The maximum absolute atomic E-state index is 11.3. The molecule has 114 valence electrons. The average molecular weight is 314 g/mol. The van der Waals surface area contributed by atoms with Crippen LogP contribution in [-0.4, -0.2) is 44.2 Å². The lowest BCUT2D eigenvalue weighted by Crippen LogP contribution is -2.25. The molecule has 1 aliphatic rings. The van der Waals surface area contributed by atoms with Crippen molar-refractivity contribution in [3.05, 3.63) is 23.3 Å². The van der Waals surface area contributed by atoms with E-state index in [1.54, 1.807) is 0 Å². The van der Waals surface area contributed by atoms with Crippen LogP contribution in [0.5, 0.6) is 0 Å². The van der Waals surface area contributed by atoms with E-state index < -0.39 is 28.7 Å². The van der Waals surface area contributed by atoms with Crippen molar-refractivity contribution in [2.45, 2.75) is 12.3 Å². The van der Waals surface area contributed by atoms with Crippen LogP contribution in [0.15, 0.2) is 12.1 Å². The van der Waals surface area contributed by atoms with Gasteiger partial charge in [0.15, 0.2) is 0 Å². The molecule has 0 radical (unpaired) electrons. The molecule has 0 spiro atoms. The highest BCUT2D eigenvalue weighted by Gasteiger charge is 2.30. The summed E-state index contributed by atoms with van der Waals surface area (Å²) in [6.07, 6.45) is 0.304. The third kappa shape index (κ3) is 2.77. The first-order valence-electron chi connectivity index (χ1n) is 6.09. The molecule has 1 unspecified atom stereocenters. The number of hydrogen-bond acceptors (Lipinski definition) is 5. The zero-order valence-electron chi connectivity index (χ0n) is 11.1. The predicted molar refractivity (Wildman–Crippen MR) is 75.6 cm³/mol. The monoisotopic (exact) mass is 314 g/mol. The van der Waals surface area contributed by atoms with Crippen molar-refractivity contribution in [1.29, 1.82) is 0 Å². The fourth-order valence-corrected chi connectivity index (χ4v) is 2.63. The van der Waals surface area contributed by atoms with Crippen LogP contribution < -0.4 is 9.62 Å². The molecule has 0 aliphatic carbocycles. The van der Waals surface area contributed by atoms with Gasteiger partial charge in [-0.05, 0) is 24.1 Å². The van der Waals surface area contributed by atoms with Gasteiger partial charge in [0.05, 0.1) is 22.9 Å². The average Bonchev–Trinajstić information content (AvgIpc) is 2.43. The molecule has 8 nitrogen and oxygen atoms in total. The summed E-state index contributed by atoms with van der Waals surface area (Å²) in [6, 6.07) is 2.61. The smallest absolute Gasteiger partial charge is 0.337 e. The molecule has 21 heavy (non-hydrogen) atoms. The number of hydrogen-bond donors (Lipinski definition) is 4. The Bertz CT molecular complexity index is 677. The topological polar surface area (TPSA) is 124 Å². The van der Waals surface area contributed by atoms with Crippen LogP contribution in [0, 0.1) is 0 Å². The minimum atomic E-state index is -2.94. The molecule has 0 saturated carbocycles. The Kier molecular flexibility index (Phi) is 4.03. The number of benzene rings is 1. The molecule has 1 heterocycles. The number of fused-ring (bicyclic) bond motifs is 1. The SMILES string of the molecule is CN(c1cc(C(=O)O)c2c(c1)C(C(=O)O)CCN2)[SH](=O)=O. The zero-order valence-corrected chi connectivity index (χ0v) is 12.0. The van der Waals surface area contributed by atoms with Crippen LogP contribution in [0.3, 0.4) is 0 Å². The van der Waals surface area contributed by atoms with Gasteiger partial charge in [0.2, 0.25) is 10.9 Å². The van der Waals surface area contributed by atoms with Crippen molar-refractivity contribution in [1.82, 2.24) is 0 Å². The van der Waals surface area contributed by atoms with Crippen molar-refractivity contribution >= 4 is 34.2 Å². The Hall–Kier alpha value is -2.29. The van der Waals surface area contributed by atoms with Gasteiger partial charge < -0.3 is 15.5 Å². The van der Waals surface area contributed by atoms with Gasteiger partial charge in [-0.1, -0.05) is 0 Å². The molecule has 1 aliphatic heterocycles. The second-order valence-corrected chi connectivity index (χ2v) is 5.71. The van der Waals surface area contributed by atoms with Crippen LogP contribution in [-0.2, 0) is 15.7 Å². The number of carboxylic acid groups (broad SMARTS) is 2. The van der Waals surface area contributed by atoms with Crippen molar-refractivity contribution < 1.29 is 28.2 Å². The fraction of sp³-hybridized carbons (Fsp3) is 0.333. The van der Waals surface area contributed by atoms with Gasteiger partial charge >= 0.3 is 11.9 Å². The number of thiol groups is 1. The molecule has 1 aromatic rings. The molecular weight excluding hydrogens is 300 g/mol. The lowest BCUT2D eigenvalue weighted by molar-refractivity contribution is -0.138. The van der Waals surface area contributed by atoms with Crippen molar-refractivity contribution in [2.75, 3.05) is 23.2 Å². The Morgan fingerprint density at radius 2 is 2.00 bits per heavy atom.